The second-order valence-electron chi connectivity index (χ2n) is 9.09. The van der Waals surface area contributed by atoms with Crippen molar-refractivity contribution in [1.82, 2.24) is 9.88 Å². The second kappa shape index (κ2) is 12.1. The molecule has 1 fully saturated rings. The molecule has 5 nitrogen and oxygen atoms in total. The maximum Gasteiger partial charge on any atom is 0.119 e. The highest BCUT2D eigenvalue weighted by atomic mass is 35.5. The summed E-state index contributed by atoms with van der Waals surface area (Å²) in [6.07, 6.45) is 5.27. The van der Waals surface area contributed by atoms with Crippen LogP contribution in [0.5, 0.6) is 5.75 Å². The van der Waals surface area contributed by atoms with E-state index in [1.165, 1.54) is 10.6 Å². The molecule has 0 radical (unpaired) electrons. The summed E-state index contributed by atoms with van der Waals surface area (Å²) in [7, 11) is 1.62. The molecule has 2 aromatic heterocycles. The fourth-order valence-electron chi connectivity index (χ4n) is 4.77. The van der Waals surface area contributed by atoms with Crippen molar-refractivity contribution in [3.8, 4) is 5.75 Å². The van der Waals surface area contributed by atoms with Crippen molar-refractivity contribution in [3.63, 3.8) is 0 Å². The van der Waals surface area contributed by atoms with Crippen LogP contribution in [0.3, 0.4) is 0 Å². The number of hydrogen-bond acceptors (Lipinski definition) is 7. The van der Waals surface area contributed by atoms with Gasteiger partial charge < -0.3 is 19.8 Å². The third-order valence-corrected chi connectivity index (χ3v) is 9.48. The number of methoxy groups -OCH3 is 1. The molecule has 8 heteroatoms. The lowest BCUT2D eigenvalue weighted by atomic mass is 9.74. The highest BCUT2D eigenvalue weighted by Gasteiger charge is 2.34. The van der Waals surface area contributed by atoms with Gasteiger partial charge in [-0.15, -0.1) is 23.1 Å². The number of rotatable bonds is 11. The van der Waals surface area contributed by atoms with E-state index in [0.29, 0.717) is 22.8 Å². The molecule has 1 aromatic carbocycles. The zero-order valence-electron chi connectivity index (χ0n) is 19.6. The standard InChI is InChI=1S/C26H33ClN2O3S2/c1-32-19-5-6-22-20(16-19)25(21(27)17-28-22)23(31)7-8-26(18-30)9-12-29(13-10-26)11-3-15-34-24-4-2-14-33-24/h2,4-6,14,16-17,23,30-31H,3,7-13,15,18H2,1H3/t23-/m1/s1. The summed E-state index contributed by atoms with van der Waals surface area (Å²) in [5.74, 6) is 1.85. The average molecular weight is 521 g/mol. The van der Waals surface area contributed by atoms with E-state index in [2.05, 4.69) is 27.4 Å². The molecule has 34 heavy (non-hydrogen) atoms. The van der Waals surface area contributed by atoms with Crippen LogP contribution in [0.1, 0.15) is 43.8 Å². The quantitative estimate of drug-likeness (QED) is 0.238. The number of aromatic nitrogens is 1. The van der Waals surface area contributed by atoms with Crippen LogP contribution in [0.2, 0.25) is 5.02 Å². The third-order valence-electron chi connectivity index (χ3n) is 6.96. The first-order valence-corrected chi connectivity index (χ1v) is 14.1. The van der Waals surface area contributed by atoms with E-state index in [9.17, 15) is 10.2 Å². The Kier molecular flexibility index (Phi) is 9.13. The summed E-state index contributed by atoms with van der Waals surface area (Å²) in [4.78, 5) is 6.90. The molecule has 3 aromatic rings. The number of nitrogens with zero attached hydrogens (tertiary/aromatic N) is 2. The zero-order chi connectivity index (χ0) is 24.0. The lowest BCUT2D eigenvalue weighted by Gasteiger charge is -2.41. The number of halogens is 1. The number of thiophene rings is 1. The van der Waals surface area contributed by atoms with E-state index >= 15 is 0 Å². The minimum Gasteiger partial charge on any atom is -0.497 e. The zero-order valence-corrected chi connectivity index (χ0v) is 22.0. The van der Waals surface area contributed by atoms with E-state index in [-0.39, 0.29) is 12.0 Å². The summed E-state index contributed by atoms with van der Waals surface area (Å²) >= 11 is 10.2. The van der Waals surface area contributed by atoms with Crippen LogP contribution in [-0.4, -0.2) is 59.2 Å². The maximum absolute atomic E-state index is 11.1. The van der Waals surface area contributed by atoms with Gasteiger partial charge in [0.2, 0.25) is 0 Å². The lowest BCUT2D eigenvalue weighted by Crippen LogP contribution is -2.42. The largest absolute Gasteiger partial charge is 0.497 e. The van der Waals surface area contributed by atoms with Gasteiger partial charge in [-0.2, -0.15) is 0 Å². The Balaban J connectivity index is 1.31. The Morgan fingerprint density at radius 3 is 2.82 bits per heavy atom. The Hall–Kier alpha value is -1.35. The second-order valence-corrected chi connectivity index (χ2v) is 11.8. The van der Waals surface area contributed by atoms with Gasteiger partial charge in [-0.3, -0.25) is 4.98 Å². The molecule has 0 aliphatic carbocycles. The van der Waals surface area contributed by atoms with E-state index < -0.39 is 6.10 Å². The summed E-state index contributed by atoms with van der Waals surface area (Å²) in [6, 6.07) is 9.90. The number of aliphatic hydroxyl groups excluding tert-OH is 2. The number of likely N-dealkylation sites (tertiary alicyclic amines) is 1. The van der Waals surface area contributed by atoms with Crippen molar-refractivity contribution >= 4 is 45.6 Å². The van der Waals surface area contributed by atoms with Crippen LogP contribution in [0.25, 0.3) is 10.9 Å². The van der Waals surface area contributed by atoms with Gasteiger partial charge in [0.25, 0.3) is 0 Å². The predicted octanol–water partition coefficient (Wildman–Crippen LogP) is 6.03. The third kappa shape index (κ3) is 6.25. The molecule has 0 spiro atoms. The molecule has 0 amide bonds. The molecule has 184 valence electrons. The first kappa shape index (κ1) is 25.7. The van der Waals surface area contributed by atoms with Gasteiger partial charge in [0.1, 0.15) is 5.75 Å². The van der Waals surface area contributed by atoms with Gasteiger partial charge >= 0.3 is 0 Å². The van der Waals surface area contributed by atoms with Crippen LogP contribution in [0.4, 0.5) is 0 Å². The van der Waals surface area contributed by atoms with Crippen LogP contribution >= 0.6 is 34.7 Å². The Morgan fingerprint density at radius 2 is 2.12 bits per heavy atom. The fourth-order valence-corrected chi connectivity index (χ4v) is 6.83. The molecule has 2 N–H and O–H groups in total. The number of pyridine rings is 1. The molecule has 0 unspecified atom stereocenters. The van der Waals surface area contributed by atoms with Gasteiger partial charge in [-0.05, 0) is 86.8 Å². The highest BCUT2D eigenvalue weighted by Crippen LogP contribution is 2.40. The molecular formula is C26H33ClN2O3S2. The summed E-state index contributed by atoms with van der Waals surface area (Å²) < 4.78 is 6.74. The first-order chi connectivity index (χ1) is 16.5. The van der Waals surface area contributed by atoms with Crippen molar-refractivity contribution in [2.75, 3.05) is 39.1 Å². The molecule has 4 rings (SSSR count). The van der Waals surface area contributed by atoms with Crippen molar-refractivity contribution in [2.45, 2.75) is 42.4 Å². The number of benzene rings is 1. The topological polar surface area (TPSA) is 65.8 Å². The fraction of sp³-hybridized carbons (Fsp3) is 0.500. The number of ether oxygens (including phenoxy) is 1. The van der Waals surface area contributed by atoms with Crippen molar-refractivity contribution in [3.05, 3.63) is 52.5 Å². The van der Waals surface area contributed by atoms with Gasteiger partial charge in [-0.1, -0.05) is 17.7 Å². The molecule has 0 bridgehead atoms. The van der Waals surface area contributed by atoms with E-state index in [0.717, 1.165) is 55.6 Å². The number of piperidine rings is 1. The van der Waals surface area contributed by atoms with E-state index in [4.69, 9.17) is 16.3 Å². The van der Waals surface area contributed by atoms with Gasteiger partial charge in [-0.25, -0.2) is 0 Å². The summed E-state index contributed by atoms with van der Waals surface area (Å²) in [6.45, 7) is 3.25. The lowest BCUT2D eigenvalue weighted by molar-refractivity contribution is 0.0238. The van der Waals surface area contributed by atoms with Gasteiger partial charge in [0, 0.05) is 29.5 Å². The summed E-state index contributed by atoms with van der Waals surface area (Å²) in [5.41, 5.74) is 1.33. The molecule has 3 heterocycles. The van der Waals surface area contributed by atoms with Crippen LogP contribution in [0.15, 0.2) is 46.1 Å². The monoisotopic (exact) mass is 520 g/mol. The van der Waals surface area contributed by atoms with Crippen molar-refractivity contribution in [2.24, 2.45) is 5.41 Å². The molecular weight excluding hydrogens is 488 g/mol. The number of thioether (sulfide) groups is 1. The minimum atomic E-state index is -0.721. The molecule has 0 saturated carbocycles. The maximum atomic E-state index is 11.1. The van der Waals surface area contributed by atoms with Crippen LogP contribution in [-0.2, 0) is 0 Å². The molecule has 1 aliphatic heterocycles. The average Bonchev–Trinajstić information content (AvgIpc) is 3.39. The number of hydrogen-bond donors (Lipinski definition) is 2. The minimum absolute atomic E-state index is 0.143. The smallest absolute Gasteiger partial charge is 0.119 e. The van der Waals surface area contributed by atoms with E-state index in [1.54, 1.807) is 24.6 Å². The number of fused-ring (bicyclic) bond motifs is 1. The molecule has 1 atom stereocenters. The van der Waals surface area contributed by atoms with E-state index in [1.807, 2.05) is 30.0 Å². The van der Waals surface area contributed by atoms with Crippen LogP contribution < -0.4 is 4.74 Å². The number of aliphatic hydroxyl groups is 2. The first-order valence-electron chi connectivity index (χ1n) is 11.8. The normalized spacial score (nSPS) is 17.2. The summed E-state index contributed by atoms with van der Waals surface area (Å²) in [5, 5.41) is 24.8. The predicted molar refractivity (Wildman–Crippen MR) is 142 cm³/mol. The van der Waals surface area contributed by atoms with Crippen molar-refractivity contribution < 1.29 is 14.9 Å². The Bertz CT molecular complexity index is 1060. The Morgan fingerprint density at radius 1 is 1.29 bits per heavy atom. The van der Waals surface area contributed by atoms with Gasteiger partial charge in [0.05, 0.1) is 28.0 Å². The molecule has 1 saturated heterocycles. The Labute approximate surface area is 215 Å². The SMILES string of the molecule is COc1ccc2ncc(Cl)c([C@H](O)CCC3(CO)CCN(CCCSc4cccs4)CC3)c2c1. The van der Waals surface area contributed by atoms with Crippen LogP contribution in [0, 0.1) is 5.41 Å². The molecule has 1 aliphatic rings. The highest BCUT2D eigenvalue weighted by molar-refractivity contribution is 8.01. The van der Waals surface area contributed by atoms with Gasteiger partial charge in [0.15, 0.2) is 0 Å². The van der Waals surface area contributed by atoms with Crippen molar-refractivity contribution in [1.29, 1.82) is 0 Å².